The lowest BCUT2D eigenvalue weighted by atomic mass is 9.96. The van der Waals surface area contributed by atoms with Gasteiger partial charge in [0.25, 0.3) is 0 Å². The molecule has 1 aliphatic carbocycles. The summed E-state index contributed by atoms with van der Waals surface area (Å²) in [5.41, 5.74) is 0.576. The van der Waals surface area contributed by atoms with Gasteiger partial charge in [-0.25, -0.2) is 0 Å². The van der Waals surface area contributed by atoms with Gasteiger partial charge in [-0.1, -0.05) is 0 Å². The maximum Gasteiger partial charge on any atom is 0.0681 e. The topological polar surface area (TPSA) is 3.24 Å². The lowest BCUT2D eigenvalue weighted by molar-refractivity contribution is 0.257. The summed E-state index contributed by atoms with van der Waals surface area (Å²) in [5, 5.41) is 0. The van der Waals surface area contributed by atoms with Gasteiger partial charge in [0.05, 0.1) is 6.54 Å². The normalized spacial score (nSPS) is 33.0. The van der Waals surface area contributed by atoms with Crippen molar-refractivity contribution in [1.82, 2.24) is 4.90 Å². The standard InChI is InChI=1S/C8H13N/c1-9-6-2-3-8(7-9)4-5-8/h2-6H2,1H3. The van der Waals surface area contributed by atoms with E-state index in [4.69, 9.17) is 0 Å². The Morgan fingerprint density at radius 3 is 2.56 bits per heavy atom. The number of nitrogens with zero attached hydrogens (tertiary/aromatic N) is 1. The maximum absolute atomic E-state index is 3.50. The Hall–Kier alpha value is -0.0400. The molecule has 2 fully saturated rings. The summed E-state index contributed by atoms with van der Waals surface area (Å²) in [6.07, 6.45) is 5.58. The second-order valence-electron chi connectivity index (χ2n) is 3.42. The van der Waals surface area contributed by atoms with Crippen LogP contribution in [0.3, 0.4) is 0 Å². The number of likely N-dealkylation sites (tertiary alicyclic amines) is 1. The molecule has 1 heterocycles. The van der Waals surface area contributed by atoms with E-state index in [0.29, 0.717) is 5.41 Å². The van der Waals surface area contributed by atoms with E-state index in [2.05, 4.69) is 18.5 Å². The van der Waals surface area contributed by atoms with Crippen LogP contribution in [0.15, 0.2) is 0 Å². The highest BCUT2D eigenvalue weighted by atomic mass is 15.1. The fourth-order valence-corrected chi connectivity index (χ4v) is 1.68. The predicted molar refractivity (Wildman–Crippen MR) is 36.8 cm³/mol. The summed E-state index contributed by atoms with van der Waals surface area (Å²) in [5.74, 6) is 0. The Bertz CT molecular complexity index is 116. The zero-order valence-corrected chi connectivity index (χ0v) is 5.98. The highest BCUT2D eigenvalue weighted by Crippen LogP contribution is 2.54. The first-order valence-corrected chi connectivity index (χ1v) is 3.80. The van der Waals surface area contributed by atoms with Crippen LogP contribution in [0.25, 0.3) is 0 Å². The van der Waals surface area contributed by atoms with Gasteiger partial charge in [0.2, 0.25) is 0 Å². The molecule has 0 amide bonds. The van der Waals surface area contributed by atoms with Gasteiger partial charge in [-0.05, 0) is 44.7 Å². The third kappa shape index (κ3) is 0.983. The summed E-state index contributed by atoms with van der Waals surface area (Å²) < 4.78 is 0. The average Bonchev–Trinajstić information content (AvgIpc) is 2.49. The van der Waals surface area contributed by atoms with Gasteiger partial charge in [-0.15, -0.1) is 0 Å². The van der Waals surface area contributed by atoms with Crippen LogP contribution in [0, 0.1) is 12.0 Å². The zero-order chi connectivity index (χ0) is 6.32. The van der Waals surface area contributed by atoms with Gasteiger partial charge in [0.1, 0.15) is 0 Å². The van der Waals surface area contributed by atoms with Crippen LogP contribution < -0.4 is 0 Å². The molecule has 9 heavy (non-hydrogen) atoms. The second kappa shape index (κ2) is 1.72. The second-order valence-corrected chi connectivity index (χ2v) is 3.42. The Kier molecular flexibility index (Phi) is 1.10. The van der Waals surface area contributed by atoms with Crippen molar-refractivity contribution in [2.24, 2.45) is 5.41 Å². The number of rotatable bonds is 0. The molecule has 1 saturated heterocycles. The van der Waals surface area contributed by atoms with Crippen molar-refractivity contribution in [2.45, 2.75) is 25.7 Å². The lowest BCUT2D eigenvalue weighted by Gasteiger charge is -2.27. The highest BCUT2D eigenvalue weighted by Gasteiger charge is 2.45. The molecule has 1 spiro atoms. The minimum Gasteiger partial charge on any atom is -0.297 e. The van der Waals surface area contributed by atoms with Gasteiger partial charge >= 0.3 is 0 Å². The lowest BCUT2D eigenvalue weighted by Crippen LogP contribution is -2.27. The third-order valence-electron chi connectivity index (χ3n) is 2.43. The van der Waals surface area contributed by atoms with Gasteiger partial charge in [0.15, 0.2) is 0 Å². The average molecular weight is 123 g/mol. The van der Waals surface area contributed by atoms with E-state index >= 15 is 0 Å². The Labute approximate surface area is 57.0 Å². The minimum atomic E-state index is 0.576. The molecular formula is C8H13N. The summed E-state index contributed by atoms with van der Waals surface area (Å²) in [4.78, 5) is 2.23. The molecule has 0 atom stereocenters. The van der Waals surface area contributed by atoms with Gasteiger partial charge in [-0.2, -0.15) is 0 Å². The summed E-state index contributed by atoms with van der Waals surface area (Å²) in [7, 11) is 2.14. The maximum atomic E-state index is 3.50. The Balaban J connectivity index is 1.96. The van der Waals surface area contributed by atoms with Crippen molar-refractivity contribution in [1.29, 1.82) is 0 Å². The molecule has 1 nitrogen and oxygen atoms in total. The van der Waals surface area contributed by atoms with Crippen molar-refractivity contribution >= 4 is 0 Å². The molecule has 1 aliphatic heterocycles. The van der Waals surface area contributed by atoms with E-state index in [1.807, 2.05) is 0 Å². The van der Waals surface area contributed by atoms with Gasteiger partial charge in [-0.3, -0.25) is 4.90 Å². The van der Waals surface area contributed by atoms with E-state index in [0.717, 1.165) is 0 Å². The fourth-order valence-electron chi connectivity index (χ4n) is 1.68. The van der Waals surface area contributed by atoms with Crippen molar-refractivity contribution in [3.8, 4) is 0 Å². The smallest absolute Gasteiger partial charge is 0.0681 e. The van der Waals surface area contributed by atoms with Crippen molar-refractivity contribution < 1.29 is 0 Å². The molecule has 0 unspecified atom stereocenters. The number of hydrogen-bond donors (Lipinski definition) is 0. The minimum absolute atomic E-state index is 0.576. The van der Waals surface area contributed by atoms with Crippen molar-refractivity contribution in [2.75, 3.05) is 13.6 Å². The van der Waals surface area contributed by atoms with Crippen LogP contribution in [-0.2, 0) is 0 Å². The summed E-state index contributed by atoms with van der Waals surface area (Å²) in [6.45, 7) is 4.72. The third-order valence-corrected chi connectivity index (χ3v) is 2.43. The molecule has 2 rings (SSSR count). The molecule has 0 aromatic heterocycles. The van der Waals surface area contributed by atoms with Crippen LogP contribution >= 0.6 is 0 Å². The molecule has 1 heteroatoms. The molecule has 0 bridgehead atoms. The van der Waals surface area contributed by atoms with Crippen molar-refractivity contribution in [3.05, 3.63) is 6.54 Å². The zero-order valence-electron chi connectivity index (χ0n) is 5.98. The van der Waals surface area contributed by atoms with Crippen LogP contribution in [0.5, 0.6) is 0 Å². The first kappa shape index (κ1) is 5.72. The molecule has 2 aliphatic rings. The van der Waals surface area contributed by atoms with E-state index in [1.54, 1.807) is 0 Å². The molecule has 0 N–H and O–H groups in total. The molecule has 50 valence electrons. The Morgan fingerprint density at radius 2 is 2.11 bits per heavy atom. The van der Waals surface area contributed by atoms with E-state index < -0.39 is 0 Å². The van der Waals surface area contributed by atoms with Gasteiger partial charge in [0, 0.05) is 0 Å². The van der Waals surface area contributed by atoms with Crippen LogP contribution in [0.2, 0.25) is 0 Å². The highest BCUT2D eigenvalue weighted by molar-refractivity contribution is 5.04. The molecular weight excluding hydrogens is 110 g/mol. The quantitative estimate of drug-likeness (QED) is 0.472. The Morgan fingerprint density at radius 1 is 1.33 bits per heavy atom. The first-order valence-electron chi connectivity index (χ1n) is 3.80. The number of hydrogen-bond acceptors (Lipinski definition) is 1. The molecule has 0 aromatic carbocycles. The van der Waals surface area contributed by atoms with Gasteiger partial charge < -0.3 is 0 Å². The van der Waals surface area contributed by atoms with Crippen LogP contribution in [0.4, 0.5) is 0 Å². The monoisotopic (exact) mass is 123 g/mol. The summed E-state index contributed by atoms with van der Waals surface area (Å²) in [6, 6.07) is 0. The van der Waals surface area contributed by atoms with E-state index in [-0.39, 0.29) is 0 Å². The molecule has 1 saturated carbocycles. The largest absolute Gasteiger partial charge is 0.297 e. The summed E-state index contributed by atoms with van der Waals surface area (Å²) >= 11 is 0. The molecule has 0 aromatic rings. The predicted octanol–water partition coefficient (Wildman–Crippen LogP) is 1.53. The SMILES string of the molecule is CN1[C]C2(CCC1)CC2. The van der Waals surface area contributed by atoms with Crippen LogP contribution in [-0.4, -0.2) is 18.5 Å². The fraction of sp³-hybridized carbons (Fsp3) is 0.875. The van der Waals surface area contributed by atoms with E-state index in [9.17, 15) is 0 Å². The number of piperidine rings is 1. The van der Waals surface area contributed by atoms with E-state index in [1.165, 1.54) is 32.2 Å². The molecule has 2 radical (unpaired) electrons. The van der Waals surface area contributed by atoms with Crippen molar-refractivity contribution in [3.63, 3.8) is 0 Å². The first-order chi connectivity index (χ1) is 4.31. The van der Waals surface area contributed by atoms with Crippen LogP contribution in [0.1, 0.15) is 25.7 Å².